The lowest BCUT2D eigenvalue weighted by molar-refractivity contribution is 0.215. The van der Waals surface area contributed by atoms with Crippen LogP contribution in [0, 0.1) is 0 Å². The minimum Gasteiger partial charge on any atom is -0.329 e. The van der Waals surface area contributed by atoms with Crippen molar-refractivity contribution in [3.8, 4) is 0 Å². The summed E-state index contributed by atoms with van der Waals surface area (Å²) in [6, 6.07) is -0.0475. The molecule has 6 heteroatoms. The van der Waals surface area contributed by atoms with Crippen LogP contribution in [0.1, 0.15) is 39.5 Å². The molecule has 3 N–H and O–H groups in total. The second-order valence-corrected chi connectivity index (χ2v) is 7.18. The van der Waals surface area contributed by atoms with Gasteiger partial charge in [0.15, 0.2) is 0 Å². The van der Waals surface area contributed by atoms with E-state index < -0.39 is 15.3 Å². The number of sulfonamides is 1. The number of nitrogens with one attached hydrogen (secondary N) is 1. The zero-order valence-corrected chi connectivity index (χ0v) is 12.4. The molecule has 1 rings (SSSR count). The van der Waals surface area contributed by atoms with Gasteiger partial charge in [0.2, 0.25) is 10.0 Å². The van der Waals surface area contributed by atoms with Crippen molar-refractivity contribution < 1.29 is 8.42 Å². The average molecular weight is 277 g/mol. The lowest BCUT2D eigenvalue weighted by atomic mass is 10.1. The summed E-state index contributed by atoms with van der Waals surface area (Å²) < 4.78 is 26.8. The highest BCUT2D eigenvalue weighted by Gasteiger charge is 2.25. The average Bonchev–Trinajstić information content (AvgIpc) is 2.30. The largest absolute Gasteiger partial charge is 0.329 e. The molecule has 2 unspecified atom stereocenters. The van der Waals surface area contributed by atoms with Crippen molar-refractivity contribution in [3.63, 3.8) is 0 Å². The van der Waals surface area contributed by atoms with Crippen molar-refractivity contribution in [2.75, 3.05) is 26.2 Å². The summed E-state index contributed by atoms with van der Waals surface area (Å²) in [6.45, 7) is 6.92. The monoisotopic (exact) mass is 277 g/mol. The van der Waals surface area contributed by atoms with Gasteiger partial charge in [-0.15, -0.1) is 0 Å². The van der Waals surface area contributed by atoms with Crippen molar-refractivity contribution in [3.05, 3.63) is 0 Å². The first kappa shape index (κ1) is 15.9. The zero-order valence-electron chi connectivity index (χ0n) is 11.6. The normalized spacial score (nSPS) is 21.7. The van der Waals surface area contributed by atoms with Gasteiger partial charge < -0.3 is 10.6 Å². The second kappa shape index (κ2) is 7.43. The molecule has 108 valence electrons. The van der Waals surface area contributed by atoms with E-state index in [1.54, 1.807) is 0 Å². The molecule has 0 spiro atoms. The van der Waals surface area contributed by atoms with Crippen LogP contribution in [-0.2, 0) is 10.0 Å². The fourth-order valence-electron chi connectivity index (χ4n) is 2.46. The maximum atomic E-state index is 12.0. The molecule has 2 atom stereocenters. The van der Waals surface area contributed by atoms with Gasteiger partial charge >= 0.3 is 0 Å². The van der Waals surface area contributed by atoms with E-state index in [-0.39, 0.29) is 12.6 Å². The van der Waals surface area contributed by atoms with Gasteiger partial charge in [0.1, 0.15) is 0 Å². The first-order valence-electron chi connectivity index (χ1n) is 6.93. The van der Waals surface area contributed by atoms with E-state index in [0.29, 0.717) is 6.42 Å². The predicted molar refractivity (Wildman–Crippen MR) is 74.9 cm³/mol. The molecule has 0 radical (unpaired) electrons. The molecule has 0 aromatic rings. The fourth-order valence-corrected chi connectivity index (χ4v) is 3.98. The van der Waals surface area contributed by atoms with E-state index >= 15 is 0 Å². The van der Waals surface area contributed by atoms with E-state index in [0.717, 1.165) is 19.6 Å². The lowest BCUT2D eigenvalue weighted by Crippen LogP contribution is -2.47. The van der Waals surface area contributed by atoms with Gasteiger partial charge in [0.05, 0.1) is 5.25 Å². The third-order valence-electron chi connectivity index (χ3n) is 3.50. The summed E-state index contributed by atoms with van der Waals surface area (Å²) >= 11 is 0. The molecule has 1 saturated heterocycles. The Morgan fingerprint density at radius 3 is 2.39 bits per heavy atom. The highest BCUT2D eigenvalue weighted by atomic mass is 32.2. The third-order valence-corrected chi connectivity index (χ3v) is 5.64. The summed E-state index contributed by atoms with van der Waals surface area (Å²) in [7, 11) is -3.27. The van der Waals surface area contributed by atoms with Crippen LogP contribution in [0.3, 0.4) is 0 Å². The van der Waals surface area contributed by atoms with Crippen LogP contribution in [0.15, 0.2) is 0 Å². The van der Waals surface area contributed by atoms with Crippen LogP contribution in [0.2, 0.25) is 0 Å². The van der Waals surface area contributed by atoms with Gasteiger partial charge in [-0.2, -0.15) is 0 Å². The molecule has 0 aromatic heterocycles. The highest BCUT2D eigenvalue weighted by molar-refractivity contribution is 7.90. The van der Waals surface area contributed by atoms with Crippen LogP contribution in [0.5, 0.6) is 0 Å². The van der Waals surface area contributed by atoms with Crippen LogP contribution >= 0.6 is 0 Å². The molecule has 0 aliphatic carbocycles. The number of piperidine rings is 1. The number of nitrogens with zero attached hydrogens (tertiary/aromatic N) is 1. The van der Waals surface area contributed by atoms with Crippen LogP contribution in [0.25, 0.3) is 0 Å². The molecule has 0 bridgehead atoms. The zero-order chi connectivity index (χ0) is 13.6. The lowest BCUT2D eigenvalue weighted by Gasteiger charge is -2.29. The van der Waals surface area contributed by atoms with Gasteiger partial charge in [-0.05, 0) is 39.3 Å². The molecule has 0 aromatic carbocycles. The summed E-state index contributed by atoms with van der Waals surface area (Å²) in [5.41, 5.74) is 5.50. The topological polar surface area (TPSA) is 75.4 Å². The smallest absolute Gasteiger partial charge is 0.216 e. The van der Waals surface area contributed by atoms with Crippen molar-refractivity contribution in [2.24, 2.45) is 5.73 Å². The van der Waals surface area contributed by atoms with Crippen LogP contribution in [-0.4, -0.2) is 50.8 Å². The van der Waals surface area contributed by atoms with Crippen LogP contribution in [0.4, 0.5) is 0 Å². The second-order valence-electron chi connectivity index (χ2n) is 5.19. The number of hydrogen-bond donors (Lipinski definition) is 2. The number of likely N-dealkylation sites (tertiary alicyclic amines) is 1. The van der Waals surface area contributed by atoms with Crippen molar-refractivity contribution >= 4 is 10.0 Å². The Balaban J connectivity index is 2.45. The van der Waals surface area contributed by atoms with Gasteiger partial charge in [0.25, 0.3) is 0 Å². The Morgan fingerprint density at radius 2 is 1.89 bits per heavy atom. The minimum atomic E-state index is -3.27. The highest BCUT2D eigenvalue weighted by Crippen LogP contribution is 2.10. The van der Waals surface area contributed by atoms with E-state index in [1.807, 2.05) is 13.8 Å². The first-order chi connectivity index (χ1) is 8.49. The van der Waals surface area contributed by atoms with Gasteiger partial charge in [-0.3, -0.25) is 0 Å². The molecule has 0 amide bonds. The fraction of sp³-hybridized carbons (Fsp3) is 1.00. The Kier molecular flexibility index (Phi) is 6.55. The van der Waals surface area contributed by atoms with Crippen molar-refractivity contribution in [1.29, 1.82) is 0 Å². The Bertz CT molecular complexity index is 322. The van der Waals surface area contributed by atoms with Gasteiger partial charge in [-0.1, -0.05) is 13.3 Å². The van der Waals surface area contributed by atoms with Gasteiger partial charge in [-0.25, -0.2) is 13.1 Å². The van der Waals surface area contributed by atoms with E-state index in [4.69, 9.17) is 5.73 Å². The standard InChI is InChI=1S/C12H27N3O2S/c1-3-12(9-13)18(16,17)14-11(2)10-15-7-5-4-6-8-15/h11-12,14H,3-10,13H2,1-2H3. The first-order valence-corrected chi connectivity index (χ1v) is 8.47. The molecule has 18 heavy (non-hydrogen) atoms. The summed E-state index contributed by atoms with van der Waals surface area (Å²) in [6.07, 6.45) is 4.30. The molecular formula is C12H27N3O2S. The molecule has 1 aliphatic rings. The number of hydrogen-bond acceptors (Lipinski definition) is 4. The summed E-state index contributed by atoms with van der Waals surface area (Å²) in [5.74, 6) is 0. The Morgan fingerprint density at radius 1 is 1.28 bits per heavy atom. The molecule has 1 fully saturated rings. The SMILES string of the molecule is CCC(CN)S(=O)(=O)NC(C)CN1CCCCC1. The number of rotatable bonds is 7. The van der Waals surface area contributed by atoms with Gasteiger partial charge in [0, 0.05) is 19.1 Å². The van der Waals surface area contributed by atoms with Crippen molar-refractivity contribution in [1.82, 2.24) is 9.62 Å². The molecular weight excluding hydrogens is 250 g/mol. The Hall–Kier alpha value is -0.170. The predicted octanol–water partition coefficient (Wildman–Crippen LogP) is 0.518. The third kappa shape index (κ3) is 4.84. The van der Waals surface area contributed by atoms with E-state index in [9.17, 15) is 8.42 Å². The number of nitrogens with two attached hydrogens (primary N) is 1. The maximum absolute atomic E-state index is 12.0. The molecule has 1 aliphatic heterocycles. The van der Waals surface area contributed by atoms with E-state index in [2.05, 4.69) is 9.62 Å². The van der Waals surface area contributed by atoms with Crippen LogP contribution < -0.4 is 10.5 Å². The summed E-state index contributed by atoms with van der Waals surface area (Å²) in [5, 5.41) is -0.471. The quantitative estimate of drug-likeness (QED) is 0.711. The molecule has 1 heterocycles. The van der Waals surface area contributed by atoms with Crippen molar-refractivity contribution in [2.45, 2.75) is 50.8 Å². The molecule has 0 saturated carbocycles. The Labute approximate surface area is 111 Å². The summed E-state index contributed by atoms with van der Waals surface area (Å²) in [4.78, 5) is 2.33. The minimum absolute atomic E-state index is 0.0475. The van der Waals surface area contributed by atoms with E-state index in [1.165, 1.54) is 19.3 Å². The maximum Gasteiger partial charge on any atom is 0.216 e. The molecule has 5 nitrogen and oxygen atoms in total.